The predicted octanol–water partition coefficient (Wildman–Crippen LogP) is 3.68. The van der Waals surface area contributed by atoms with Crippen LogP contribution in [0.1, 0.15) is 34.3 Å². The number of rotatable bonds is 6. The Morgan fingerprint density at radius 3 is 2.51 bits per heavy atom. The molecule has 3 aromatic heterocycles. The summed E-state index contributed by atoms with van der Waals surface area (Å²) in [5.41, 5.74) is 4.75. The highest BCUT2D eigenvalue weighted by Gasteiger charge is 2.33. The van der Waals surface area contributed by atoms with Gasteiger partial charge in [0.25, 0.3) is 5.56 Å². The molecular weight excluding hydrogens is 466 g/mol. The second-order valence-electron chi connectivity index (χ2n) is 9.58. The third-order valence-electron chi connectivity index (χ3n) is 7.26. The Kier molecular flexibility index (Phi) is 6.05. The summed E-state index contributed by atoms with van der Waals surface area (Å²) in [5, 5.41) is 13.7. The molecule has 1 fully saturated rings. The van der Waals surface area contributed by atoms with E-state index in [-0.39, 0.29) is 5.56 Å². The summed E-state index contributed by atoms with van der Waals surface area (Å²) in [6.45, 7) is 7.67. The van der Waals surface area contributed by atoms with Gasteiger partial charge in [-0.2, -0.15) is 0 Å². The number of nitrogens with zero attached hydrogens (tertiary/aromatic N) is 6. The molecule has 0 spiro atoms. The van der Waals surface area contributed by atoms with Crippen molar-refractivity contribution in [3.05, 3.63) is 106 Å². The lowest BCUT2D eigenvalue weighted by molar-refractivity contribution is 0.200. The van der Waals surface area contributed by atoms with Crippen LogP contribution in [-0.2, 0) is 6.54 Å². The number of pyridine rings is 1. The molecule has 1 atom stereocenters. The van der Waals surface area contributed by atoms with Crippen molar-refractivity contribution in [2.45, 2.75) is 26.4 Å². The molecule has 9 nitrogen and oxygen atoms in total. The van der Waals surface area contributed by atoms with E-state index in [1.54, 1.807) is 10.9 Å². The van der Waals surface area contributed by atoms with Crippen molar-refractivity contribution < 1.29 is 4.42 Å². The van der Waals surface area contributed by atoms with Gasteiger partial charge in [0.2, 0.25) is 0 Å². The van der Waals surface area contributed by atoms with Crippen LogP contribution in [0.2, 0.25) is 0 Å². The van der Waals surface area contributed by atoms with Gasteiger partial charge < -0.3 is 14.3 Å². The van der Waals surface area contributed by atoms with E-state index in [1.165, 1.54) is 5.69 Å². The van der Waals surface area contributed by atoms with Gasteiger partial charge in [-0.1, -0.05) is 30.3 Å². The molecule has 0 radical (unpaired) electrons. The Labute approximate surface area is 214 Å². The van der Waals surface area contributed by atoms with Crippen LogP contribution in [0.25, 0.3) is 10.9 Å². The average molecular weight is 496 g/mol. The van der Waals surface area contributed by atoms with Crippen LogP contribution in [0.5, 0.6) is 0 Å². The molecule has 5 aromatic rings. The number of aromatic nitrogens is 5. The van der Waals surface area contributed by atoms with E-state index in [4.69, 9.17) is 4.42 Å². The van der Waals surface area contributed by atoms with Crippen molar-refractivity contribution in [1.29, 1.82) is 0 Å². The molecule has 0 bridgehead atoms. The number of nitrogens with one attached hydrogen (secondary N) is 1. The Morgan fingerprint density at radius 2 is 1.76 bits per heavy atom. The molecule has 37 heavy (non-hydrogen) atoms. The standard InChI is InChI=1S/C28H29N7O2/c1-19-10-11-20(2)25-23(19)17-24(28(36)29-25)26(27-30-31-32-35(27)18-22-9-6-16-37-22)34-14-12-33(13-15-34)21-7-4-3-5-8-21/h3-11,16-17,26H,12-15,18H2,1-2H3,(H,29,36)/t26-/m0/s1. The van der Waals surface area contributed by atoms with Crippen LogP contribution in [0.3, 0.4) is 0 Å². The van der Waals surface area contributed by atoms with Crippen LogP contribution in [0.4, 0.5) is 5.69 Å². The van der Waals surface area contributed by atoms with Crippen LogP contribution < -0.4 is 10.5 Å². The topological polar surface area (TPSA) is 96.1 Å². The lowest BCUT2D eigenvalue weighted by Gasteiger charge is -2.39. The van der Waals surface area contributed by atoms with Gasteiger partial charge in [-0.25, -0.2) is 4.68 Å². The third kappa shape index (κ3) is 4.42. The third-order valence-corrected chi connectivity index (χ3v) is 7.26. The van der Waals surface area contributed by atoms with E-state index >= 15 is 0 Å². The number of para-hydroxylation sites is 1. The number of anilines is 1. The zero-order chi connectivity index (χ0) is 25.4. The molecule has 0 unspecified atom stereocenters. The van der Waals surface area contributed by atoms with E-state index in [9.17, 15) is 4.79 Å². The van der Waals surface area contributed by atoms with Gasteiger partial charge in [0, 0.05) is 42.8 Å². The first-order chi connectivity index (χ1) is 18.1. The van der Waals surface area contributed by atoms with Gasteiger partial charge in [0.15, 0.2) is 5.82 Å². The van der Waals surface area contributed by atoms with Crippen molar-refractivity contribution in [2.24, 2.45) is 0 Å². The number of furan rings is 1. The SMILES string of the molecule is Cc1ccc(C)c2[nH]c(=O)c([C@@H](c3nnnn3Cc3ccco3)N3CCN(c4ccccc4)CC3)cc12. The molecule has 0 saturated carbocycles. The largest absolute Gasteiger partial charge is 0.467 e. The average Bonchev–Trinajstić information content (AvgIpc) is 3.61. The molecule has 1 N–H and O–H groups in total. The molecule has 188 valence electrons. The normalized spacial score (nSPS) is 15.4. The van der Waals surface area contributed by atoms with Crippen molar-refractivity contribution >= 4 is 16.6 Å². The van der Waals surface area contributed by atoms with E-state index in [1.807, 2.05) is 37.3 Å². The van der Waals surface area contributed by atoms with Crippen LogP contribution in [0, 0.1) is 13.8 Å². The maximum Gasteiger partial charge on any atom is 0.253 e. The monoisotopic (exact) mass is 495 g/mol. The fourth-order valence-electron chi connectivity index (χ4n) is 5.24. The van der Waals surface area contributed by atoms with Crippen LogP contribution >= 0.6 is 0 Å². The summed E-state index contributed by atoms with van der Waals surface area (Å²) in [7, 11) is 0. The molecule has 9 heteroatoms. The van der Waals surface area contributed by atoms with Crippen molar-refractivity contribution in [3.8, 4) is 0 Å². The lowest BCUT2D eigenvalue weighted by Crippen LogP contribution is -2.49. The lowest BCUT2D eigenvalue weighted by atomic mass is 9.99. The van der Waals surface area contributed by atoms with Gasteiger partial charge in [0.05, 0.1) is 11.8 Å². The number of hydrogen-bond acceptors (Lipinski definition) is 7. The number of piperazine rings is 1. The Morgan fingerprint density at radius 1 is 0.973 bits per heavy atom. The highest BCUT2D eigenvalue weighted by atomic mass is 16.3. The molecule has 4 heterocycles. The highest BCUT2D eigenvalue weighted by Crippen LogP contribution is 2.30. The van der Waals surface area contributed by atoms with Crippen molar-refractivity contribution in [2.75, 3.05) is 31.1 Å². The van der Waals surface area contributed by atoms with Gasteiger partial charge in [-0.3, -0.25) is 9.69 Å². The molecule has 2 aromatic carbocycles. The summed E-state index contributed by atoms with van der Waals surface area (Å²) < 4.78 is 7.30. The fraction of sp³-hybridized carbons (Fsp3) is 0.286. The zero-order valence-electron chi connectivity index (χ0n) is 21.0. The van der Waals surface area contributed by atoms with E-state index in [2.05, 4.69) is 67.6 Å². The van der Waals surface area contributed by atoms with Crippen LogP contribution in [-0.4, -0.2) is 56.3 Å². The number of hydrogen-bond donors (Lipinski definition) is 1. The first-order valence-corrected chi connectivity index (χ1v) is 12.5. The molecule has 1 aliphatic rings. The minimum Gasteiger partial charge on any atom is -0.467 e. The Hall–Kier alpha value is -4.24. The molecule has 1 saturated heterocycles. The second-order valence-corrected chi connectivity index (χ2v) is 9.58. The zero-order valence-corrected chi connectivity index (χ0v) is 21.0. The number of H-pyrrole nitrogens is 1. The van der Waals surface area contributed by atoms with Crippen molar-refractivity contribution in [3.63, 3.8) is 0 Å². The summed E-state index contributed by atoms with van der Waals surface area (Å²) in [4.78, 5) is 21.4. The molecule has 0 amide bonds. The molecular formula is C28H29N7O2. The quantitative estimate of drug-likeness (QED) is 0.384. The van der Waals surface area contributed by atoms with Gasteiger partial charge >= 0.3 is 0 Å². The molecule has 1 aliphatic heterocycles. The second kappa shape index (κ2) is 9.67. The Balaban J connectivity index is 1.42. The fourth-order valence-corrected chi connectivity index (χ4v) is 5.24. The molecule has 0 aliphatic carbocycles. The summed E-state index contributed by atoms with van der Waals surface area (Å²) >= 11 is 0. The first-order valence-electron chi connectivity index (χ1n) is 12.5. The predicted molar refractivity (Wildman–Crippen MR) is 142 cm³/mol. The summed E-state index contributed by atoms with van der Waals surface area (Å²) in [5.74, 6) is 1.37. The number of tetrazole rings is 1. The van der Waals surface area contributed by atoms with Gasteiger partial charge in [-0.15, -0.1) is 5.10 Å². The number of benzene rings is 2. The minimum absolute atomic E-state index is 0.121. The summed E-state index contributed by atoms with van der Waals surface area (Å²) in [6, 6.07) is 19.9. The van der Waals surface area contributed by atoms with Crippen LogP contribution in [0.15, 0.2) is 76.1 Å². The molecule has 6 rings (SSSR count). The maximum atomic E-state index is 13.6. The number of aryl methyl sites for hydroxylation is 2. The van der Waals surface area contributed by atoms with E-state index < -0.39 is 6.04 Å². The maximum absolute atomic E-state index is 13.6. The highest BCUT2D eigenvalue weighted by molar-refractivity contribution is 5.85. The van der Waals surface area contributed by atoms with E-state index in [0.29, 0.717) is 17.9 Å². The number of aromatic amines is 1. The number of fused-ring (bicyclic) bond motifs is 1. The van der Waals surface area contributed by atoms with Crippen molar-refractivity contribution in [1.82, 2.24) is 30.1 Å². The summed E-state index contributed by atoms with van der Waals surface area (Å²) in [6.07, 6.45) is 1.64. The smallest absolute Gasteiger partial charge is 0.253 e. The van der Waals surface area contributed by atoms with Gasteiger partial charge in [0.1, 0.15) is 18.3 Å². The minimum atomic E-state index is -0.407. The van der Waals surface area contributed by atoms with Gasteiger partial charge in [-0.05, 0) is 65.7 Å². The first kappa shape index (κ1) is 23.2. The Bertz CT molecular complexity index is 1570. The van der Waals surface area contributed by atoms with E-state index in [0.717, 1.165) is 54.0 Å².